The lowest BCUT2D eigenvalue weighted by Crippen LogP contribution is -2.21. The molecule has 0 aromatic carbocycles. The number of hydrogen-bond donors (Lipinski definition) is 0. The van der Waals surface area contributed by atoms with Gasteiger partial charge in [-0.2, -0.15) is 0 Å². The van der Waals surface area contributed by atoms with E-state index in [0.29, 0.717) is 32.7 Å². The molecule has 0 amide bonds. The first-order valence-electron chi connectivity index (χ1n) is 11.6. The molecule has 6 heteroatoms. The van der Waals surface area contributed by atoms with E-state index in [1.54, 1.807) is 0 Å². The molecule has 0 saturated heterocycles. The topological polar surface area (TPSA) is 71.1 Å². The van der Waals surface area contributed by atoms with E-state index in [0.717, 1.165) is 25.7 Å². The number of rotatable bonds is 21. The average Bonchev–Trinajstić information content (AvgIpc) is 2.70. The van der Waals surface area contributed by atoms with Crippen LogP contribution in [0.15, 0.2) is 0 Å². The number of carbonyl (C=O) groups excluding carboxylic acids is 2. The first kappa shape index (κ1) is 27.9. The van der Waals surface area contributed by atoms with Crippen LogP contribution in [-0.4, -0.2) is 51.1 Å². The Hall–Kier alpha value is -1.14. The smallest absolute Gasteiger partial charge is 0.305 e. The highest BCUT2D eigenvalue weighted by Gasteiger charge is 2.06. The van der Waals surface area contributed by atoms with Gasteiger partial charge in [0.1, 0.15) is 13.2 Å². The van der Waals surface area contributed by atoms with Crippen LogP contribution >= 0.6 is 0 Å². The van der Waals surface area contributed by atoms with Crippen molar-refractivity contribution >= 4 is 11.9 Å². The molecule has 0 heterocycles. The Morgan fingerprint density at radius 1 is 0.655 bits per heavy atom. The van der Waals surface area contributed by atoms with Crippen LogP contribution in [0.3, 0.4) is 0 Å². The van der Waals surface area contributed by atoms with E-state index in [9.17, 15) is 9.59 Å². The van der Waals surface area contributed by atoms with Gasteiger partial charge in [0.2, 0.25) is 0 Å². The van der Waals surface area contributed by atoms with Crippen LogP contribution in [0.5, 0.6) is 0 Å². The van der Waals surface area contributed by atoms with E-state index < -0.39 is 0 Å². The van der Waals surface area contributed by atoms with Crippen molar-refractivity contribution in [2.45, 2.75) is 104 Å². The molecule has 0 fully saturated rings. The van der Waals surface area contributed by atoms with Gasteiger partial charge in [0.25, 0.3) is 0 Å². The molecule has 29 heavy (non-hydrogen) atoms. The van der Waals surface area contributed by atoms with E-state index in [-0.39, 0.29) is 31.3 Å². The van der Waals surface area contributed by atoms with Crippen LogP contribution in [0.4, 0.5) is 0 Å². The lowest BCUT2D eigenvalue weighted by Gasteiger charge is -2.14. The molecule has 0 saturated carbocycles. The summed E-state index contributed by atoms with van der Waals surface area (Å²) in [6.45, 7) is 7.93. The minimum Gasteiger partial charge on any atom is -0.463 e. The highest BCUT2D eigenvalue weighted by molar-refractivity contribution is 5.69. The van der Waals surface area contributed by atoms with Crippen LogP contribution < -0.4 is 0 Å². The zero-order chi connectivity index (χ0) is 21.6. The maximum absolute atomic E-state index is 11.6. The number of esters is 2. The van der Waals surface area contributed by atoms with Crippen molar-refractivity contribution in [3.63, 3.8) is 0 Å². The number of ether oxygens (including phenoxy) is 4. The summed E-state index contributed by atoms with van der Waals surface area (Å²) < 4.78 is 21.3. The molecule has 6 nitrogen and oxygen atoms in total. The van der Waals surface area contributed by atoms with Crippen molar-refractivity contribution in [3.8, 4) is 0 Å². The standard InChI is InChI=1S/C23H44O6/c1-4-6-8-10-12-14-22(24)28-17-16-26-20-21(3)27-18-19-29-23(25)15-13-11-9-7-5-2/h21H,4-20H2,1-3H3. The average molecular weight is 417 g/mol. The summed E-state index contributed by atoms with van der Waals surface area (Å²) in [5.74, 6) is -0.303. The third kappa shape index (κ3) is 21.4. The van der Waals surface area contributed by atoms with E-state index in [2.05, 4.69) is 13.8 Å². The van der Waals surface area contributed by atoms with Gasteiger partial charge in [-0.25, -0.2) is 0 Å². The van der Waals surface area contributed by atoms with Crippen molar-refractivity contribution in [2.24, 2.45) is 0 Å². The summed E-state index contributed by atoms with van der Waals surface area (Å²) in [6.07, 6.45) is 12.1. The Morgan fingerprint density at radius 2 is 1.14 bits per heavy atom. The summed E-state index contributed by atoms with van der Waals surface area (Å²) >= 11 is 0. The fourth-order valence-corrected chi connectivity index (χ4v) is 2.81. The van der Waals surface area contributed by atoms with Crippen molar-refractivity contribution in [3.05, 3.63) is 0 Å². The second-order valence-electron chi connectivity index (χ2n) is 7.53. The van der Waals surface area contributed by atoms with Gasteiger partial charge < -0.3 is 18.9 Å². The van der Waals surface area contributed by atoms with E-state index >= 15 is 0 Å². The third-order valence-corrected chi connectivity index (χ3v) is 4.56. The Balaban J connectivity index is 3.40. The Labute approximate surface area is 178 Å². The second-order valence-corrected chi connectivity index (χ2v) is 7.53. The van der Waals surface area contributed by atoms with Gasteiger partial charge in [0.05, 0.1) is 25.9 Å². The van der Waals surface area contributed by atoms with Gasteiger partial charge in [-0.15, -0.1) is 0 Å². The quantitative estimate of drug-likeness (QED) is 0.189. The maximum atomic E-state index is 11.6. The van der Waals surface area contributed by atoms with Crippen molar-refractivity contribution < 1.29 is 28.5 Å². The lowest BCUT2D eigenvalue weighted by molar-refractivity contribution is -0.148. The summed E-state index contributed by atoms with van der Waals surface area (Å²) in [5.41, 5.74) is 0. The predicted molar refractivity (Wildman–Crippen MR) is 115 cm³/mol. The molecule has 0 aromatic heterocycles. The van der Waals surface area contributed by atoms with Crippen LogP contribution in [0.2, 0.25) is 0 Å². The maximum Gasteiger partial charge on any atom is 0.305 e. The summed E-state index contributed by atoms with van der Waals surface area (Å²) in [6, 6.07) is 0. The first-order chi connectivity index (χ1) is 14.1. The summed E-state index contributed by atoms with van der Waals surface area (Å²) in [4.78, 5) is 23.2. The number of carbonyl (C=O) groups is 2. The Morgan fingerprint density at radius 3 is 1.66 bits per heavy atom. The molecule has 0 bridgehead atoms. The molecule has 0 spiro atoms. The predicted octanol–water partition coefficient (Wildman–Crippen LogP) is 5.22. The van der Waals surface area contributed by atoms with Crippen molar-refractivity contribution in [1.82, 2.24) is 0 Å². The van der Waals surface area contributed by atoms with Gasteiger partial charge in [-0.1, -0.05) is 65.2 Å². The zero-order valence-electron chi connectivity index (χ0n) is 19.0. The normalized spacial score (nSPS) is 12.0. The molecule has 0 aliphatic heterocycles. The van der Waals surface area contributed by atoms with Gasteiger partial charge in [-0.05, 0) is 19.8 Å². The van der Waals surface area contributed by atoms with Gasteiger partial charge in [0, 0.05) is 12.8 Å². The summed E-state index contributed by atoms with van der Waals surface area (Å²) in [5, 5.41) is 0. The minimum atomic E-state index is -0.152. The second kappa shape index (κ2) is 21.6. The molecular weight excluding hydrogens is 372 g/mol. The van der Waals surface area contributed by atoms with E-state index in [1.807, 2.05) is 6.92 Å². The first-order valence-corrected chi connectivity index (χ1v) is 11.6. The highest BCUT2D eigenvalue weighted by Crippen LogP contribution is 2.06. The van der Waals surface area contributed by atoms with Gasteiger partial charge in [-0.3, -0.25) is 9.59 Å². The number of unbranched alkanes of at least 4 members (excludes halogenated alkanes) is 8. The Kier molecular flexibility index (Phi) is 20.7. The molecule has 0 N–H and O–H groups in total. The monoisotopic (exact) mass is 416 g/mol. The fourth-order valence-electron chi connectivity index (χ4n) is 2.81. The van der Waals surface area contributed by atoms with Crippen LogP contribution in [-0.2, 0) is 28.5 Å². The number of hydrogen-bond acceptors (Lipinski definition) is 6. The molecule has 0 radical (unpaired) electrons. The Bertz CT molecular complexity index is 386. The molecule has 172 valence electrons. The lowest BCUT2D eigenvalue weighted by atomic mass is 10.1. The van der Waals surface area contributed by atoms with Crippen LogP contribution in [0.1, 0.15) is 97.8 Å². The minimum absolute atomic E-state index is 0.1000. The zero-order valence-corrected chi connectivity index (χ0v) is 19.0. The van der Waals surface area contributed by atoms with Gasteiger partial charge in [0.15, 0.2) is 0 Å². The van der Waals surface area contributed by atoms with Crippen molar-refractivity contribution in [1.29, 1.82) is 0 Å². The molecule has 1 atom stereocenters. The largest absolute Gasteiger partial charge is 0.463 e. The van der Waals surface area contributed by atoms with E-state index in [4.69, 9.17) is 18.9 Å². The van der Waals surface area contributed by atoms with Gasteiger partial charge >= 0.3 is 11.9 Å². The molecule has 0 aliphatic rings. The summed E-state index contributed by atoms with van der Waals surface area (Å²) in [7, 11) is 0. The van der Waals surface area contributed by atoms with Crippen LogP contribution in [0, 0.1) is 0 Å². The molecular formula is C23H44O6. The third-order valence-electron chi connectivity index (χ3n) is 4.56. The van der Waals surface area contributed by atoms with Crippen LogP contribution in [0.25, 0.3) is 0 Å². The highest BCUT2D eigenvalue weighted by atomic mass is 16.6. The molecule has 0 aliphatic carbocycles. The van der Waals surface area contributed by atoms with E-state index in [1.165, 1.54) is 38.5 Å². The van der Waals surface area contributed by atoms with Crippen molar-refractivity contribution in [2.75, 3.05) is 33.0 Å². The SMILES string of the molecule is CCCCCCCC(=O)OCCOCC(C)OCCOC(=O)CCCCCCC. The molecule has 1 unspecified atom stereocenters. The fraction of sp³-hybridized carbons (Fsp3) is 0.913. The molecule has 0 rings (SSSR count). The molecule has 0 aromatic rings.